The quantitative estimate of drug-likeness (QED) is 0.739. The molecule has 1 saturated carbocycles. The second-order valence-corrected chi connectivity index (χ2v) is 7.35. The first-order chi connectivity index (χ1) is 10.2. The normalized spacial score (nSPS) is 26.1. The van der Waals surface area contributed by atoms with Gasteiger partial charge in [-0.1, -0.05) is 25.6 Å². The van der Waals surface area contributed by atoms with Crippen LogP contribution in [-0.4, -0.2) is 52.3 Å². The SMILES string of the molecule is COCCNCCn1nnnc1SC1CC(C)CC(C)C1. The first kappa shape index (κ1) is 16.7. The fraction of sp³-hybridized carbons (Fsp3) is 0.929. The molecule has 1 aromatic heterocycles. The molecule has 21 heavy (non-hydrogen) atoms. The Labute approximate surface area is 131 Å². The minimum Gasteiger partial charge on any atom is -0.383 e. The topological polar surface area (TPSA) is 64.9 Å². The van der Waals surface area contributed by atoms with Gasteiger partial charge in [0.25, 0.3) is 0 Å². The summed E-state index contributed by atoms with van der Waals surface area (Å²) in [6, 6.07) is 0. The van der Waals surface area contributed by atoms with Crippen molar-refractivity contribution in [3.63, 3.8) is 0 Å². The van der Waals surface area contributed by atoms with Crippen LogP contribution in [0.2, 0.25) is 0 Å². The molecule has 1 aliphatic rings. The molecule has 1 heterocycles. The molecule has 1 N–H and O–H groups in total. The van der Waals surface area contributed by atoms with Crippen LogP contribution in [0.5, 0.6) is 0 Å². The zero-order valence-corrected chi connectivity index (χ0v) is 14.1. The fourth-order valence-corrected chi connectivity index (χ4v) is 4.50. The van der Waals surface area contributed by atoms with E-state index >= 15 is 0 Å². The highest BCUT2D eigenvalue weighted by Crippen LogP contribution is 2.37. The number of tetrazole rings is 1. The van der Waals surface area contributed by atoms with Gasteiger partial charge in [-0.3, -0.25) is 0 Å². The van der Waals surface area contributed by atoms with Crippen LogP contribution in [0.3, 0.4) is 0 Å². The number of aromatic nitrogens is 4. The monoisotopic (exact) mass is 313 g/mol. The highest BCUT2D eigenvalue weighted by Gasteiger charge is 2.26. The van der Waals surface area contributed by atoms with Crippen LogP contribution in [0, 0.1) is 11.8 Å². The van der Waals surface area contributed by atoms with Gasteiger partial charge in [-0.2, -0.15) is 0 Å². The maximum Gasteiger partial charge on any atom is 0.209 e. The van der Waals surface area contributed by atoms with E-state index in [1.54, 1.807) is 7.11 Å². The zero-order valence-electron chi connectivity index (χ0n) is 13.3. The molecule has 0 saturated heterocycles. The zero-order chi connectivity index (χ0) is 15.1. The second-order valence-electron chi connectivity index (χ2n) is 6.08. The molecule has 1 fully saturated rings. The molecule has 120 valence electrons. The highest BCUT2D eigenvalue weighted by atomic mass is 32.2. The predicted octanol–water partition coefficient (Wildman–Crippen LogP) is 1.83. The summed E-state index contributed by atoms with van der Waals surface area (Å²) in [6.45, 7) is 7.96. The molecule has 0 radical (unpaired) electrons. The molecule has 1 aliphatic carbocycles. The Morgan fingerprint density at radius 2 is 2.00 bits per heavy atom. The Morgan fingerprint density at radius 1 is 1.24 bits per heavy atom. The molecule has 1 aromatic rings. The van der Waals surface area contributed by atoms with E-state index in [-0.39, 0.29) is 0 Å². The molecule has 0 spiro atoms. The van der Waals surface area contributed by atoms with Gasteiger partial charge in [-0.15, -0.1) is 5.10 Å². The molecule has 2 rings (SSSR count). The Hall–Kier alpha value is -0.660. The van der Waals surface area contributed by atoms with Gasteiger partial charge in [0.2, 0.25) is 5.16 Å². The third-order valence-corrected chi connectivity index (χ3v) is 5.11. The number of hydrogen-bond donors (Lipinski definition) is 1. The number of rotatable bonds is 8. The van der Waals surface area contributed by atoms with E-state index in [0.29, 0.717) is 5.25 Å². The second kappa shape index (κ2) is 8.70. The van der Waals surface area contributed by atoms with Crippen LogP contribution in [-0.2, 0) is 11.3 Å². The van der Waals surface area contributed by atoms with E-state index in [9.17, 15) is 0 Å². The van der Waals surface area contributed by atoms with Crippen molar-refractivity contribution >= 4 is 11.8 Å². The molecule has 0 amide bonds. The lowest BCUT2D eigenvalue weighted by Gasteiger charge is -2.30. The third-order valence-electron chi connectivity index (χ3n) is 3.89. The summed E-state index contributed by atoms with van der Waals surface area (Å²) < 4.78 is 6.92. The van der Waals surface area contributed by atoms with E-state index in [2.05, 4.69) is 34.7 Å². The minimum absolute atomic E-state index is 0.648. The van der Waals surface area contributed by atoms with Gasteiger partial charge in [0.1, 0.15) is 0 Å². The van der Waals surface area contributed by atoms with E-state index in [4.69, 9.17) is 4.74 Å². The number of thioether (sulfide) groups is 1. The maximum atomic E-state index is 5.01. The highest BCUT2D eigenvalue weighted by molar-refractivity contribution is 7.99. The van der Waals surface area contributed by atoms with Crippen molar-refractivity contribution in [2.24, 2.45) is 11.8 Å². The van der Waals surface area contributed by atoms with Gasteiger partial charge >= 0.3 is 0 Å². The van der Waals surface area contributed by atoms with Crippen molar-refractivity contribution in [1.82, 2.24) is 25.5 Å². The lowest BCUT2D eigenvalue weighted by atomic mass is 9.83. The molecular weight excluding hydrogens is 286 g/mol. The summed E-state index contributed by atoms with van der Waals surface area (Å²) in [6.07, 6.45) is 3.90. The number of nitrogens with zero attached hydrogens (tertiary/aromatic N) is 4. The molecular formula is C14H27N5OS. The van der Waals surface area contributed by atoms with Crippen LogP contribution in [0.15, 0.2) is 5.16 Å². The summed E-state index contributed by atoms with van der Waals surface area (Å²) in [5.74, 6) is 1.62. The first-order valence-electron chi connectivity index (χ1n) is 7.81. The molecule has 0 bridgehead atoms. The Balaban J connectivity index is 1.79. The van der Waals surface area contributed by atoms with E-state index in [0.717, 1.165) is 43.2 Å². The van der Waals surface area contributed by atoms with Crippen molar-refractivity contribution in [1.29, 1.82) is 0 Å². The summed E-state index contributed by atoms with van der Waals surface area (Å²) in [4.78, 5) is 0. The average Bonchev–Trinajstić information content (AvgIpc) is 2.85. The smallest absolute Gasteiger partial charge is 0.209 e. The lowest BCUT2D eigenvalue weighted by molar-refractivity contribution is 0.199. The summed E-state index contributed by atoms with van der Waals surface area (Å²) in [5.41, 5.74) is 0. The average molecular weight is 313 g/mol. The van der Waals surface area contributed by atoms with Gasteiger partial charge in [0.15, 0.2) is 0 Å². The molecule has 6 nitrogen and oxygen atoms in total. The van der Waals surface area contributed by atoms with E-state index < -0.39 is 0 Å². The molecule has 0 aromatic carbocycles. The molecule has 0 aliphatic heterocycles. The van der Waals surface area contributed by atoms with Gasteiger partial charge in [0, 0.05) is 25.4 Å². The molecule has 2 atom stereocenters. The van der Waals surface area contributed by atoms with Crippen LogP contribution < -0.4 is 5.32 Å². The van der Waals surface area contributed by atoms with Gasteiger partial charge in [0.05, 0.1) is 13.2 Å². The number of methoxy groups -OCH3 is 1. The number of hydrogen-bond acceptors (Lipinski definition) is 6. The summed E-state index contributed by atoms with van der Waals surface area (Å²) in [5, 5.41) is 17.0. The standard InChI is InChI=1S/C14H27N5OS/c1-11-8-12(2)10-13(9-11)21-14-16-17-18-19(14)6-4-15-5-7-20-3/h11-13,15H,4-10H2,1-3H3. The summed E-state index contributed by atoms with van der Waals surface area (Å²) >= 11 is 1.85. The lowest BCUT2D eigenvalue weighted by Crippen LogP contribution is -2.25. The molecule has 7 heteroatoms. The fourth-order valence-electron chi connectivity index (χ4n) is 3.02. The van der Waals surface area contributed by atoms with Crippen molar-refractivity contribution in [2.75, 3.05) is 26.8 Å². The number of ether oxygens (including phenoxy) is 1. The first-order valence-corrected chi connectivity index (χ1v) is 8.69. The Morgan fingerprint density at radius 3 is 2.71 bits per heavy atom. The Kier molecular flexibility index (Phi) is 6.92. The van der Waals surface area contributed by atoms with Crippen molar-refractivity contribution in [2.45, 2.75) is 50.1 Å². The van der Waals surface area contributed by atoms with Crippen molar-refractivity contribution < 1.29 is 4.74 Å². The third kappa shape index (κ3) is 5.56. The van der Waals surface area contributed by atoms with Gasteiger partial charge < -0.3 is 10.1 Å². The maximum absolute atomic E-state index is 5.01. The van der Waals surface area contributed by atoms with Crippen LogP contribution in [0.4, 0.5) is 0 Å². The summed E-state index contributed by atoms with van der Waals surface area (Å²) in [7, 11) is 1.71. The Bertz CT molecular complexity index is 404. The molecule has 2 unspecified atom stereocenters. The predicted molar refractivity (Wildman–Crippen MR) is 84.4 cm³/mol. The van der Waals surface area contributed by atoms with E-state index in [1.165, 1.54) is 19.3 Å². The largest absolute Gasteiger partial charge is 0.383 e. The minimum atomic E-state index is 0.648. The van der Waals surface area contributed by atoms with Gasteiger partial charge in [-0.25, -0.2) is 4.68 Å². The van der Waals surface area contributed by atoms with Crippen LogP contribution in [0.1, 0.15) is 33.1 Å². The van der Waals surface area contributed by atoms with Crippen LogP contribution >= 0.6 is 11.8 Å². The van der Waals surface area contributed by atoms with Crippen LogP contribution in [0.25, 0.3) is 0 Å². The number of nitrogens with one attached hydrogen (secondary N) is 1. The van der Waals surface area contributed by atoms with Gasteiger partial charge in [-0.05, 0) is 41.5 Å². The van der Waals surface area contributed by atoms with Crippen molar-refractivity contribution in [3.05, 3.63) is 0 Å². The van der Waals surface area contributed by atoms with Crippen molar-refractivity contribution in [3.8, 4) is 0 Å². The van der Waals surface area contributed by atoms with E-state index in [1.807, 2.05) is 16.4 Å².